The van der Waals surface area contributed by atoms with Crippen molar-refractivity contribution in [2.24, 2.45) is 0 Å². The summed E-state index contributed by atoms with van der Waals surface area (Å²) in [7, 11) is 0. The average Bonchev–Trinajstić information content (AvgIpc) is 2.74. The van der Waals surface area contributed by atoms with Gasteiger partial charge in [-0.2, -0.15) is 0 Å². The molecule has 1 aromatic heterocycles. The molecule has 2 N–H and O–H groups in total. The van der Waals surface area contributed by atoms with Gasteiger partial charge in [0.2, 0.25) is 0 Å². The number of furan rings is 1. The monoisotopic (exact) mass is 180 g/mol. The van der Waals surface area contributed by atoms with Gasteiger partial charge in [-0.25, -0.2) is 0 Å². The molecule has 1 fully saturated rings. The molecule has 1 amide bonds. The maximum Gasteiger partial charge on any atom is 0.254 e. The summed E-state index contributed by atoms with van der Waals surface area (Å²) in [4.78, 5) is 11.5. The highest BCUT2D eigenvalue weighted by atomic mass is 16.3. The van der Waals surface area contributed by atoms with Gasteiger partial charge in [0, 0.05) is 12.6 Å². The lowest BCUT2D eigenvalue weighted by molar-refractivity contribution is 0.0939. The molecular weight excluding hydrogens is 168 g/mol. The zero-order valence-corrected chi connectivity index (χ0v) is 7.25. The van der Waals surface area contributed by atoms with E-state index in [1.165, 1.54) is 12.5 Å². The molecule has 1 aliphatic rings. The molecule has 0 aromatic carbocycles. The Kier molecular flexibility index (Phi) is 2.31. The van der Waals surface area contributed by atoms with Crippen LogP contribution in [0.4, 0.5) is 0 Å². The van der Waals surface area contributed by atoms with Crippen LogP contribution in [-0.4, -0.2) is 25.0 Å². The summed E-state index contributed by atoms with van der Waals surface area (Å²) in [5, 5.41) is 6.10. The molecule has 0 spiro atoms. The van der Waals surface area contributed by atoms with E-state index in [0.717, 1.165) is 19.5 Å². The fourth-order valence-electron chi connectivity index (χ4n) is 1.44. The average molecular weight is 180 g/mol. The van der Waals surface area contributed by atoms with Crippen molar-refractivity contribution in [2.45, 2.75) is 12.5 Å². The number of nitrogens with one attached hydrogen (secondary N) is 2. The standard InChI is InChI=1S/C9H12N2O2/c12-9(7-2-4-13-6-7)11-8-1-3-10-5-8/h2,4,6,8,10H,1,3,5H2,(H,11,12)/t8-/m1/s1. The van der Waals surface area contributed by atoms with Gasteiger partial charge >= 0.3 is 0 Å². The van der Waals surface area contributed by atoms with Crippen LogP contribution in [0, 0.1) is 0 Å². The van der Waals surface area contributed by atoms with Crippen molar-refractivity contribution in [3.63, 3.8) is 0 Å². The van der Waals surface area contributed by atoms with Crippen LogP contribution < -0.4 is 10.6 Å². The third-order valence-corrected chi connectivity index (χ3v) is 2.18. The second-order valence-electron chi connectivity index (χ2n) is 3.18. The second-order valence-corrected chi connectivity index (χ2v) is 3.18. The van der Waals surface area contributed by atoms with Gasteiger partial charge in [-0.3, -0.25) is 4.79 Å². The van der Waals surface area contributed by atoms with Crippen molar-refractivity contribution < 1.29 is 9.21 Å². The maximum atomic E-state index is 11.5. The summed E-state index contributed by atoms with van der Waals surface area (Å²) in [6.07, 6.45) is 3.96. The Hall–Kier alpha value is -1.29. The summed E-state index contributed by atoms with van der Waals surface area (Å²) in [6, 6.07) is 1.93. The van der Waals surface area contributed by atoms with Gasteiger partial charge < -0.3 is 15.1 Å². The van der Waals surface area contributed by atoms with E-state index in [1.54, 1.807) is 6.07 Å². The van der Waals surface area contributed by atoms with E-state index < -0.39 is 0 Å². The van der Waals surface area contributed by atoms with Crippen molar-refractivity contribution in [2.75, 3.05) is 13.1 Å². The zero-order valence-electron chi connectivity index (χ0n) is 7.25. The van der Waals surface area contributed by atoms with Crippen LogP contribution in [0.2, 0.25) is 0 Å². The molecule has 1 atom stereocenters. The summed E-state index contributed by atoms with van der Waals surface area (Å²) in [6.45, 7) is 1.85. The van der Waals surface area contributed by atoms with Crippen LogP contribution >= 0.6 is 0 Å². The maximum absolute atomic E-state index is 11.5. The Labute approximate surface area is 76.3 Å². The van der Waals surface area contributed by atoms with E-state index in [-0.39, 0.29) is 11.9 Å². The highest BCUT2D eigenvalue weighted by Gasteiger charge is 2.17. The van der Waals surface area contributed by atoms with E-state index in [2.05, 4.69) is 10.6 Å². The van der Waals surface area contributed by atoms with Gasteiger partial charge in [-0.15, -0.1) is 0 Å². The number of hydrogen-bond donors (Lipinski definition) is 2. The Bertz CT molecular complexity index is 276. The largest absolute Gasteiger partial charge is 0.472 e. The molecule has 4 nitrogen and oxygen atoms in total. The van der Waals surface area contributed by atoms with Crippen LogP contribution in [0.3, 0.4) is 0 Å². The topological polar surface area (TPSA) is 54.3 Å². The van der Waals surface area contributed by atoms with Gasteiger partial charge in [0.1, 0.15) is 6.26 Å². The molecule has 2 heterocycles. The quantitative estimate of drug-likeness (QED) is 0.691. The predicted octanol–water partition coefficient (Wildman–Crippen LogP) is 0.371. The lowest BCUT2D eigenvalue weighted by Crippen LogP contribution is -2.35. The summed E-state index contributed by atoms with van der Waals surface area (Å²) >= 11 is 0. The van der Waals surface area contributed by atoms with E-state index in [4.69, 9.17) is 4.42 Å². The molecule has 0 aliphatic carbocycles. The molecule has 70 valence electrons. The minimum atomic E-state index is -0.0533. The van der Waals surface area contributed by atoms with Crippen molar-refractivity contribution in [3.05, 3.63) is 24.2 Å². The molecule has 0 saturated carbocycles. The Balaban J connectivity index is 1.91. The summed E-state index contributed by atoms with van der Waals surface area (Å²) in [5.41, 5.74) is 0.590. The molecule has 1 aliphatic heterocycles. The number of amides is 1. The third-order valence-electron chi connectivity index (χ3n) is 2.18. The van der Waals surface area contributed by atoms with Gasteiger partial charge in [0.25, 0.3) is 5.91 Å². The Morgan fingerprint density at radius 1 is 1.69 bits per heavy atom. The van der Waals surface area contributed by atoms with Gasteiger partial charge in [0.05, 0.1) is 11.8 Å². The van der Waals surface area contributed by atoms with Crippen molar-refractivity contribution in [3.8, 4) is 0 Å². The normalized spacial score (nSPS) is 21.7. The number of rotatable bonds is 2. The van der Waals surface area contributed by atoms with Crippen molar-refractivity contribution in [1.29, 1.82) is 0 Å². The second kappa shape index (κ2) is 3.62. The van der Waals surface area contributed by atoms with E-state index in [1.807, 2.05) is 0 Å². The number of carbonyl (C=O) groups is 1. The fraction of sp³-hybridized carbons (Fsp3) is 0.444. The molecule has 1 aromatic rings. The van der Waals surface area contributed by atoms with E-state index in [0.29, 0.717) is 5.56 Å². The minimum Gasteiger partial charge on any atom is -0.472 e. The predicted molar refractivity (Wildman–Crippen MR) is 47.4 cm³/mol. The van der Waals surface area contributed by atoms with Gasteiger partial charge in [-0.05, 0) is 19.0 Å². The zero-order chi connectivity index (χ0) is 9.10. The van der Waals surface area contributed by atoms with Crippen LogP contribution in [0.25, 0.3) is 0 Å². The molecule has 4 heteroatoms. The Morgan fingerprint density at radius 3 is 3.23 bits per heavy atom. The SMILES string of the molecule is O=C(N[C@@H]1CCNC1)c1ccoc1. The molecule has 0 radical (unpaired) electrons. The van der Waals surface area contributed by atoms with Crippen molar-refractivity contribution in [1.82, 2.24) is 10.6 Å². The summed E-state index contributed by atoms with van der Waals surface area (Å²) < 4.78 is 4.82. The first-order valence-corrected chi connectivity index (χ1v) is 4.40. The summed E-state index contributed by atoms with van der Waals surface area (Å²) in [5.74, 6) is -0.0533. The van der Waals surface area contributed by atoms with Gasteiger partial charge in [-0.1, -0.05) is 0 Å². The molecule has 0 bridgehead atoms. The highest BCUT2D eigenvalue weighted by Crippen LogP contribution is 2.02. The molecule has 1 saturated heterocycles. The van der Waals surface area contributed by atoms with Crippen LogP contribution in [-0.2, 0) is 0 Å². The molecular formula is C9H12N2O2. The molecule has 0 unspecified atom stereocenters. The van der Waals surface area contributed by atoms with Crippen LogP contribution in [0.15, 0.2) is 23.0 Å². The third kappa shape index (κ3) is 1.89. The first-order chi connectivity index (χ1) is 6.36. The van der Waals surface area contributed by atoms with Crippen molar-refractivity contribution >= 4 is 5.91 Å². The number of hydrogen-bond acceptors (Lipinski definition) is 3. The Morgan fingerprint density at radius 2 is 2.62 bits per heavy atom. The fourth-order valence-corrected chi connectivity index (χ4v) is 1.44. The first-order valence-electron chi connectivity index (χ1n) is 4.40. The molecule has 2 rings (SSSR count). The molecule has 13 heavy (non-hydrogen) atoms. The minimum absolute atomic E-state index is 0.0533. The van der Waals surface area contributed by atoms with Crippen LogP contribution in [0.1, 0.15) is 16.8 Å². The highest BCUT2D eigenvalue weighted by molar-refractivity contribution is 5.93. The first kappa shape index (κ1) is 8.31. The lowest BCUT2D eigenvalue weighted by Gasteiger charge is -2.09. The number of carbonyl (C=O) groups excluding carboxylic acids is 1. The van der Waals surface area contributed by atoms with Gasteiger partial charge in [0.15, 0.2) is 0 Å². The van der Waals surface area contributed by atoms with E-state index in [9.17, 15) is 4.79 Å². The van der Waals surface area contributed by atoms with E-state index >= 15 is 0 Å². The lowest BCUT2D eigenvalue weighted by atomic mass is 10.2. The van der Waals surface area contributed by atoms with Crippen LogP contribution in [0.5, 0.6) is 0 Å². The smallest absolute Gasteiger partial charge is 0.254 e.